The molecule has 0 bridgehead atoms. The van der Waals surface area contributed by atoms with Crippen LogP contribution in [0, 0.1) is 19.8 Å². The highest BCUT2D eigenvalue weighted by Gasteiger charge is 2.15. The molecule has 3 rings (SSSR count). The van der Waals surface area contributed by atoms with Crippen LogP contribution in [0.2, 0.25) is 0 Å². The van der Waals surface area contributed by atoms with Gasteiger partial charge in [0.25, 0.3) is 0 Å². The number of piperidine rings is 1. The van der Waals surface area contributed by atoms with Crippen molar-refractivity contribution in [1.29, 1.82) is 0 Å². The smallest absolute Gasteiger partial charge is 0.191 e. The molecular formula is C24H39IN6. The van der Waals surface area contributed by atoms with Crippen molar-refractivity contribution in [2.24, 2.45) is 18.0 Å². The van der Waals surface area contributed by atoms with Crippen LogP contribution in [0.1, 0.15) is 54.8 Å². The van der Waals surface area contributed by atoms with Crippen LogP contribution in [0.25, 0.3) is 0 Å². The van der Waals surface area contributed by atoms with E-state index in [1.807, 2.05) is 11.7 Å². The zero-order chi connectivity index (χ0) is 21.5. The Kier molecular flexibility index (Phi) is 10.3. The lowest BCUT2D eigenvalue weighted by molar-refractivity contribution is 0.185. The Balaban J connectivity index is 0.00000341. The van der Waals surface area contributed by atoms with Gasteiger partial charge in [0.15, 0.2) is 5.96 Å². The van der Waals surface area contributed by atoms with E-state index in [0.29, 0.717) is 6.54 Å². The van der Waals surface area contributed by atoms with Crippen molar-refractivity contribution < 1.29 is 0 Å². The zero-order valence-corrected chi connectivity index (χ0v) is 22.1. The molecule has 1 aromatic carbocycles. The predicted octanol–water partition coefficient (Wildman–Crippen LogP) is 4.14. The molecule has 31 heavy (non-hydrogen) atoms. The average molecular weight is 539 g/mol. The summed E-state index contributed by atoms with van der Waals surface area (Å²) in [5, 5.41) is 11.3. The third kappa shape index (κ3) is 7.49. The number of guanidine groups is 1. The number of nitrogens with zero attached hydrogens (tertiary/aromatic N) is 4. The second-order valence-corrected chi connectivity index (χ2v) is 8.60. The van der Waals surface area contributed by atoms with E-state index >= 15 is 0 Å². The zero-order valence-electron chi connectivity index (χ0n) is 19.7. The molecule has 2 N–H and O–H groups in total. The molecular weight excluding hydrogens is 499 g/mol. The van der Waals surface area contributed by atoms with Crippen molar-refractivity contribution in [1.82, 2.24) is 25.3 Å². The summed E-state index contributed by atoms with van der Waals surface area (Å²) in [6.07, 6.45) is 2.63. The lowest BCUT2D eigenvalue weighted by Crippen LogP contribution is -2.37. The van der Waals surface area contributed by atoms with Crippen molar-refractivity contribution in [2.75, 3.05) is 19.6 Å². The number of nitrogens with one attached hydrogen (secondary N) is 2. The number of likely N-dealkylation sites (tertiary alicyclic amines) is 1. The molecule has 0 spiro atoms. The van der Waals surface area contributed by atoms with Crippen molar-refractivity contribution in [3.05, 3.63) is 52.3 Å². The second-order valence-electron chi connectivity index (χ2n) is 8.60. The Bertz CT molecular complexity index is 852. The van der Waals surface area contributed by atoms with Crippen molar-refractivity contribution in [3.8, 4) is 0 Å². The molecule has 7 heteroatoms. The number of rotatable bonds is 7. The lowest BCUT2D eigenvalue weighted by atomic mass is 9.98. The average Bonchev–Trinajstić information content (AvgIpc) is 2.97. The van der Waals surface area contributed by atoms with Crippen LogP contribution in [0.15, 0.2) is 29.3 Å². The highest BCUT2D eigenvalue weighted by atomic mass is 127. The van der Waals surface area contributed by atoms with Crippen LogP contribution in [0.4, 0.5) is 0 Å². The summed E-state index contributed by atoms with van der Waals surface area (Å²) in [5.41, 5.74) is 6.13. The third-order valence-corrected chi connectivity index (χ3v) is 6.13. The molecule has 0 saturated carbocycles. The predicted molar refractivity (Wildman–Crippen MR) is 140 cm³/mol. The fourth-order valence-electron chi connectivity index (χ4n) is 4.06. The number of hydrogen-bond donors (Lipinski definition) is 2. The topological polar surface area (TPSA) is 57.5 Å². The largest absolute Gasteiger partial charge is 0.357 e. The molecule has 1 aliphatic heterocycles. The molecule has 1 aromatic heterocycles. The molecule has 1 saturated heterocycles. The van der Waals surface area contributed by atoms with Gasteiger partial charge in [-0.1, -0.05) is 31.2 Å². The second kappa shape index (κ2) is 12.4. The highest BCUT2D eigenvalue weighted by molar-refractivity contribution is 14.0. The standard InChI is InChI=1S/C24H38N6.HI/c1-6-25-24(27-16-23-19(3)28-29(5)20(23)4)26-15-21-8-7-9-22(14-21)17-30-12-10-18(2)11-13-30;/h7-9,14,18H,6,10-13,15-17H2,1-5H3,(H2,25,26,27);1H. The van der Waals surface area contributed by atoms with Crippen molar-refractivity contribution in [3.63, 3.8) is 0 Å². The Morgan fingerprint density at radius 3 is 2.52 bits per heavy atom. The monoisotopic (exact) mass is 538 g/mol. The normalized spacial score (nSPS) is 15.6. The molecule has 1 aliphatic rings. The quantitative estimate of drug-likeness (QED) is 0.316. The van der Waals surface area contributed by atoms with Gasteiger partial charge in [-0.15, -0.1) is 24.0 Å². The molecule has 2 aromatic rings. The van der Waals surface area contributed by atoms with E-state index in [2.05, 4.69) is 72.6 Å². The first-order valence-corrected chi connectivity index (χ1v) is 11.3. The molecule has 2 heterocycles. The Labute approximate surface area is 204 Å². The number of halogens is 1. The molecule has 6 nitrogen and oxygen atoms in total. The van der Waals surface area contributed by atoms with Gasteiger partial charge in [-0.3, -0.25) is 9.58 Å². The van der Waals surface area contributed by atoms with E-state index in [1.165, 1.54) is 48.3 Å². The number of hydrogen-bond acceptors (Lipinski definition) is 3. The number of aromatic nitrogens is 2. The number of benzene rings is 1. The van der Waals surface area contributed by atoms with E-state index < -0.39 is 0 Å². The number of aryl methyl sites for hydroxylation is 2. The van der Waals surface area contributed by atoms with Gasteiger partial charge in [0, 0.05) is 37.9 Å². The van der Waals surface area contributed by atoms with Gasteiger partial charge in [-0.05, 0) is 63.7 Å². The Morgan fingerprint density at radius 2 is 1.87 bits per heavy atom. The minimum absolute atomic E-state index is 0. The van der Waals surface area contributed by atoms with Gasteiger partial charge < -0.3 is 10.6 Å². The first-order valence-electron chi connectivity index (χ1n) is 11.3. The van der Waals surface area contributed by atoms with Crippen LogP contribution >= 0.6 is 24.0 Å². The van der Waals surface area contributed by atoms with Crippen molar-refractivity contribution >= 4 is 29.9 Å². The molecule has 0 radical (unpaired) electrons. The van der Waals surface area contributed by atoms with Crippen LogP contribution in [-0.4, -0.2) is 40.3 Å². The van der Waals surface area contributed by atoms with E-state index in [9.17, 15) is 0 Å². The number of aliphatic imine (C=N–C) groups is 1. The molecule has 172 valence electrons. The summed E-state index contributed by atoms with van der Waals surface area (Å²) in [5.74, 6) is 1.72. The minimum Gasteiger partial charge on any atom is -0.357 e. The summed E-state index contributed by atoms with van der Waals surface area (Å²) in [6, 6.07) is 8.88. The summed E-state index contributed by atoms with van der Waals surface area (Å²) in [6.45, 7) is 14.3. The third-order valence-electron chi connectivity index (χ3n) is 6.13. The van der Waals surface area contributed by atoms with Crippen LogP contribution < -0.4 is 10.6 Å². The molecule has 1 fully saturated rings. The van der Waals surface area contributed by atoms with E-state index in [-0.39, 0.29) is 24.0 Å². The fourth-order valence-corrected chi connectivity index (χ4v) is 4.06. The highest BCUT2D eigenvalue weighted by Crippen LogP contribution is 2.18. The van der Waals surface area contributed by atoms with E-state index in [0.717, 1.165) is 37.2 Å². The summed E-state index contributed by atoms with van der Waals surface area (Å²) in [4.78, 5) is 7.39. The van der Waals surface area contributed by atoms with E-state index in [4.69, 9.17) is 4.99 Å². The van der Waals surface area contributed by atoms with Gasteiger partial charge in [-0.25, -0.2) is 4.99 Å². The molecule has 0 unspecified atom stereocenters. The maximum absolute atomic E-state index is 4.82. The SMILES string of the molecule is CCNC(=NCc1cccc(CN2CCC(C)CC2)c1)NCc1c(C)nn(C)c1C.I. The van der Waals surface area contributed by atoms with Crippen LogP contribution in [0.3, 0.4) is 0 Å². The van der Waals surface area contributed by atoms with Crippen LogP contribution in [-0.2, 0) is 26.7 Å². The Morgan fingerprint density at radius 1 is 1.16 bits per heavy atom. The minimum atomic E-state index is 0. The first-order chi connectivity index (χ1) is 14.5. The summed E-state index contributed by atoms with van der Waals surface area (Å²) < 4.78 is 1.94. The van der Waals surface area contributed by atoms with Gasteiger partial charge in [0.2, 0.25) is 0 Å². The summed E-state index contributed by atoms with van der Waals surface area (Å²) >= 11 is 0. The van der Waals surface area contributed by atoms with Crippen LogP contribution in [0.5, 0.6) is 0 Å². The molecule has 0 atom stereocenters. The van der Waals surface area contributed by atoms with E-state index in [1.54, 1.807) is 0 Å². The summed E-state index contributed by atoms with van der Waals surface area (Å²) in [7, 11) is 1.99. The van der Waals surface area contributed by atoms with Gasteiger partial charge in [0.05, 0.1) is 12.2 Å². The fraction of sp³-hybridized carbons (Fsp3) is 0.583. The van der Waals surface area contributed by atoms with Gasteiger partial charge >= 0.3 is 0 Å². The first kappa shape index (κ1) is 25.6. The lowest BCUT2D eigenvalue weighted by Gasteiger charge is -2.30. The maximum Gasteiger partial charge on any atom is 0.191 e. The Hall–Kier alpha value is -1.61. The van der Waals surface area contributed by atoms with Crippen molar-refractivity contribution in [2.45, 2.75) is 60.2 Å². The van der Waals surface area contributed by atoms with Gasteiger partial charge in [0.1, 0.15) is 0 Å². The maximum atomic E-state index is 4.82. The van der Waals surface area contributed by atoms with Gasteiger partial charge in [-0.2, -0.15) is 5.10 Å². The molecule has 0 amide bonds. The molecule has 0 aliphatic carbocycles.